The van der Waals surface area contributed by atoms with Gasteiger partial charge >= 0.3 is 0 Å². The van der Waals surface area contributed by atoms with E-state index in [9.17, 15) is 4.79 Å². The zero-order valence-electron chi connectivity index (χ0n) is 8.46. The molecule has 0 saturated heterocycles. The highest BCUT2D eigenvalue weighted by Crippen LogP contribution is 2.22. The fourth-order valence-electron chi connectivity index (χ4n) is 1.17. The topological polar surface area (TPSA) is 42.9 Å². The third-order valence-electron chi connectivity index (χ3n) is 1.77. The van der Waals surface area contributed by atoms with Gasteiger partial charge < -0.3 is 0 Å². The van der Waals surface area contributed by atoms with Crippen LogP contribution in [-0.4, -0.2) is 16.3 Å². The molecule has 0 aliphatic rings. The van der Waals surface area contributed by atoms with Crippen LogP contribution in [0.25, 0.3) is 0 Å². The molecule has 0 N–H and O–H groups in total. The van der Waals surface area contributed by atoms with Crippen molar-refractivity contribution in [1.82, 2.24) is 9.97 Å². The molecule has 0 unspecified atom stereocenters. The quantitative estimate of drug-likeness (QED) is 0.617. The van der Waals surface area contributed by atoms with E-state index in [1.165, 1.54) is 0 Å². The number of rotatable bonds is 1. The Morgan fingerprint density at radius 2 is 2.00 bits per heavy atom. The predicted molar refractivity (Wildman–Crippen MR) is 50.9 cm³/mol. The van der Waals surface area contributed by atoms with Gasteiger partial charge in [-0.15, -0.1) is 0 Å². The van der Waals surface area contributed by atoms with Crippen molar-refractivity contribution in [1.29, 1.82) is 0 Å². The van der Waals surface area contributed by atoms with Crippen LogP contribution in [0.1, 0.15) is 42.6 Å². The van der Waals surface area contributed by atoms with Crippen LogP contribution in [0.3, 0.4) is 0 Å². The fourth-order valence-corrected chi connectivity index (χ4v) is 1.17. The maximum atomic E-state index is 10.7. The van der Waals surface area contributed by atoms with Crippen molar-refractivity contribution < 1.29 is 4.79 Å². The Morgan fingerprint density at radius 3 is 2.46 bits per heavy atom. The summed E-state index contributed by atoms with van der Waals surface area (Å²) in [5, 5.41) is 0. The van der Waals surface area contributed by atoms with Crippen molar-refractivity contribution in [2.75, 3.05) is 0 Å². The third kappa shape index (κ3) is 2.11. The number of aldehydes is 1. The lowest BCUT2D eigenvalue weighted by molar-refractivity contribution is 0.112. The van der Waals surface area contributed by atoms with Crippen LogP contribution in [0.5, 0.6) is 0 Å². The summed E-state index contributed by atoms with van der Waals surface area (Å²) in [6.07, 6.45) is 2.38. The molecule has 0 radical (unpaired) electrons. The molecule has 0 bridgehead atoms. The molecular formula is C10H14N2O. The van der Waals surface area contributed by atoms with Gasteiger partial charge in [0.2, 0.25) is 0 Å². The monoisotopic (exact) mass is 178 g/mol. The summed E-state index contributed by atoms with van der Waals surface area (Å²) in [4.78, 5) is 19.0. The molecule has 0 saturated carbocycles. The van der Waals surface area contributed by atoms with Crippen LogP contribution in [0.15, 0.2) is 6.20 Å². The first-order valence-corrected chi connectivity index (χ1v) is 4.24. The molecule has 1 rings (SSSR count). The van der Waals surface area contributed by atoms with E-state index in [1.807, 2.05) is 27.7 Å². The van der Waals surface area contributed by atoms with Crippen molar-refractivity contribution in [2.45, 2.75) is 33.1 Å². The van der Waals surface area contributed by atoms with Crippen LogP contribution >= 0.6 is 0 Å². The van der Waals surface area contributed by atoms with E-state index < -0.39 is 0 Å². The van der Waals surface area contributed by atoms with Gasteiger partial charge in [0, 0.05) is 11.6 Å². The first-order chi connectivity index (χ1) is 5.95. The molecule has 0 amide bonds. The van der Waals surface area contributed by atoms with E-state index in [-0.39, 0.29) is 5.41 Å². The van der Waals surface area contributed by atoms with E-state index in [2.05, 4.69) is 9.97 Å². The lowest BCUT2D eigenvalue weighted by atomic mass is 9.89. The van der Waals surface area contributed by atoms with E-state index >= 15 is 0 Å². The molecule has 0 spiro atoms. The van der Waals surface area contributed by atoms with Gasteiger partial charge in [0.1, 0.15) is 5.82 Å². The largest absolute Gasteiger partial charge is 0.298 e. The van der Waals surface area contributed by atoms with Crippen molar-refractivity contribution >= 4 is 6.29 Å². The summed E-state index contributed by atoms with van der Waals surface area (Å²) in [7, 11) is 0. The second-order valence-electron chi connectivity index (χ2n) is 4.09. The minimum atomic E-state index is -0.107. The highest BCUT2D eigenvalue weighted by Gasteiger charge is 2.19. The second-order valence-corrected chi connectivity index (χ2v) is 4.09. The first kappa shape index (κ1) is 9.84. The average molecular weight is 178 g/mol. The van der Waals surface area contributed by atoms with Gasteiger partial charge in [-0.25, -0.2) is 9.97 Å². The molecule has 3 heteroatoms. The highest BCUT2D eigenvalue weighted by atomic mass is 16.1. The normalized spacial score (nSPS) is 11.4. The minimum Gasteiger partial charge on any atom is -0.298 e. The Balaban J connectivity index is 3.32. The molecule has 0 fully saturated rings. The summed E-state index contributed by atoms with van der Waals surface area (Å²) >= 11 is 0. The van der Waals surface area contributed by atoms with Crippen molar-refractivity contribution in [3.8, 4) is 0 Å². The zero-order chi connectivity index (χ0) is 10.1. The van der Waals surface area contributed by atoms with E-state index in [0.717, 1.165) is 12.0 Å². The van der Waals surface area contributed by atoms with Gasteiger partial charge in [0.25, 0.3) is 0 Å². The number of hydrogen-bond donors (Lipinski definition) is 0. The van der Waals surface area contributed by atoms with Crippen LogP contribution in [-0.2, 0) is 5.41 Å². The molecule has 70 valence electrons. The summed E-state index contributed by atoms with van der Waals surface area (Å²) < 4.78 is 0. The third-order valence-corrected chi connectivity index (χ3v) is 1.77. The summed E-state index contributed by atoms with van der Waals surface area (Å²) in [5.74, 6) is 0.704. The number of aryl methyl sites for hydroxylation is 1. The van der Waals surface area contributed by atoms with E-state index in [4.69, 9.17) is 0 Å². The van der Waals surface area contributed by atoms with Gasteiger partial charge in [-0.3, -0.25) is 4.79 Å². The zero-order valence-corrected chi connectivity index (χ0v) is 8.46. The van der Waals surface area contributed by atoms with Crippen molar-refractivity contribution in [3.63, 3.8) is 0 Å². The first-order valence-electron chi connectivity index (χ1n) is 4.24. The van der Waals surface area contributed by atoms with E-state index in [1.54, 1.807) is 6.20 Å². The van der Waals surface area contributed by atoms with Crippen LogP contribution in [0.4, 0.5) is 0 Å². The van der Waals surface area contributed by atoms with Gasteiger partial charge in [-0.05, 0) is 6.92 Å². The van der Waals surface area contributed by atoms with Gasteiger partial charge in [-0.2, -0.15) is 0 Å². The lowest BCUT2D eigenvalue weighted by Crippen LogP contribution is -2.17. The van der Waals surface area contributed by atoms with Crippen molar-refractivity contribution in [2.24, 2.45) is 0 Å². The summed E-state index contributed by atoms with van der Waals surface area (Å²) in [6.45, 7) is 7.91. The molecule has 0 aromatic carbocycles. The number of carbonyl (C=O) groups is 1. The van der Waals surface area contributed by atoms with Crippen molar-refractivity contribution in [3.05, 3.63) is 23.3 Å². The standard InChI is InChI=1S/C10H14N2O/c1-7-11-5-8(6-13)9(12-7)10(2,3)4/h5-6H,1-4H3. The second kappa shape index (κ2) is 3.24. The molecule has 3 nitrogen and oxygen atoms in total. The fraction of sp³-hybridized carbons (Fsp3) is 0.500. The average Bonchev–Trinajstić information content (AvgIpc) is 2.03. The minimum absolute atomic E-state index is 0.107. The molecule has 13 heavy (non-hydrogen) atoms. The smallest absolute Gasteiger partial charge is 0.153 e. The molecule has 1 aromatic rings. The van der Waals surface area contributed by atoms with Gasteiger partial charge in [0.05, 0.1) is 11.3 Å². The van der Waals surface area contributed by atoms with Crippen LogP contribution < -0.4 is 0 Å². The Morgan fingerprint density at radius 1 is 1.38 bits per heavy atom. The highest BCUT2D eigenvalue weighted by molar-refractivity contribution is 5.76. The number of carbonyl (C=O) groups excluding carboxylic acids is 1. The molecular weight excluding hydrogens is 164 g/mol. The molecule has 1 aromatic heterocycles. The SMILES string of the molecule is Cc1ncc(C=O)c(C(C)(C)C)n1. The number of hydrogen-bond acceptors (Lipinski definition) is 3. The molecule has 1 heterocycles. The molecule has 0 atom stereocenters. The molecule has 0 aliphatic carbocycles. The van der Waals surface area contributed by atoms with Crippen LogP contribution in [0, 0.1) is 6.92 Å². The number of aromatic nitrogens is 2. The Bertz CT molecular complexity index is 326. The lowest BCUT2D eigenvalue weighted by Gasteiger charge is -2.19. The Hall–Kier alpha value is -1.25. The summed E-state index contributed by atoms with van der Waals surface area (Å²) in [5.41, 5.74) is 1.29. The Labute approximate surface area is 78.2 Å². The number of nitrogens with zero attached hydrogens (tertiary/aromatic N) is 2. The van der Waals surface area contributed by atoms with E-state index in [0.29, 0.717) is 11.4 Å². The maximum absolute atomic E-state index is 10.7. The van der Waals surface area contributed by atoms with Crippen LogP contribution in [0.2, 0.25) is 0 Å². The maximum Gasteiger partial charge on any atom is 0.153 e. The predicted octanol–water partition coefficient (Wildman–Crippen LogP) is 1.90. The summed E-state index contributed by atoms with van der Waals surface area (Å²) in [6, 6.07) is 0. The Kier molecular flexibility index (Phi) is 2.45. The molecule has 0 aliphatic heterocycles. The van der Waals surface area contributed by atoms with Gasteiger partial charge in [0.15, 0.2) is 6.29 Å². The van der Waals surface area contributed by atoms with Gasteiger partial charge in [-0.1, -0.05) is 20.8 Å².